The minimum absolute atomic E-state index is 0.151. The smallest absolute Gasteiger partial charge is 0.122 e. The molecule has 1 aliphatic carbocycles. The van der Waals surface area contributed by atoms with Crippen molar-refractivity contribution in [2.45, 2.75) is 25.0 Å². The molecule has 2 unspecified atom stereocenters. The maximum Gasteiger partial charge on any atom is 0.122 e. The first-order chi connectivity index (χ1) is 8.69. The van der Waals surface area contributed by atoms with Crippen LogP contribution in [0.15, 0.2) is 18.2 Å². The van der Waals surface area contributed by atoms with Crippen molar-refractivity contribution in [2.24, 2.45) is 5.92 Å². The van der Waals surface area contributed by atoms with Crippen LogP contribution >= 0.6 is 0 Å². The predicted molar refractivity (Wildman–Crippen MR) is 68.0 cm³/mol. The number of methoxy groups -OCH3 is 3. The third-order valence-corrected chi connectivity index (χ3v) is 3.39. The van der Waals surface area contributed by atoms with Crippen molar-refractivity contribution in [1.82, 2.24) is 0 Å². The van der Waals surface area contributed by atoms with Gasteiger partial charge >= 0.3 is 0 Å². The van der Waals surface area contributed by atoms with Crippen molar-refractivity contribution in [1.29, 1.82) is 0 Å². The fourth-order valence-electron chi connectivity index (χ4n) is 2.19. The highest BCUT2D eigenvalue weighted by Crippen LogP contribution is 2.40. The van der Waals surface area contributed by atoms with Gasteiger partial charge in [0.05, 0.1) is 20.3 Å². The summed E-state index contributed by atoms with van der Waals surface area (Å²) in [6.07, 6.45) is 1.45. The van der Waals surface area contributed by atoms with E-state index in [2.05, 4.69) is 0 Å². The summed E-state index contributed by atoms with van der Waals surface area (Å²) < 4.78 is 15.8. The Balaban J connectivity index is 2.24. The van der Waals surface area contributed by atoms with Gasteiger partial charge in [-0.15, -0.1) is 0 Å². The summed E-state index contributed by atoms with van der Waals surface area (Å²) in [5.41, 5.74) is 0.768. The summed E-state index contributed by atoms with van der Waals surface area (Å²) in [4.78, 5) is 0. The highest BCUT2D eigenvalue weighted by atomic mass is 16.5. The number of ether oxygens (including phenoxy) is 3. The fraction of sp³-hybridized carbons (Fsp3) is 0.571. The Morgan fingerprint density at radius 3 is 2.00 bits per heavy atom. The molecule has 0 heterocycles. The Morgan fingerprint density at radius 2 is 1.61 bits per heavy atom. The zero-order chi connectivity index (χ0) is 13.1. The van der Waals surface area contributed by atoms with Crippen LogP contribution < -0.4 is 9.47 Å². The largest absolute Gasteiger partial charge is 0.497 e. The second kappa shape index (κ2) is 5.59. The monoisotopic (exact) mass is 252 g/mol. The normalized spacial score (nSPS) is 18.2. The minimum Gasteiger partial charge on any atom is -0.497 e. The zero-order valence-corrected chi connectivity index (χ0v) is 11.1. The molecule has 4 heteroatoms. The Kier molecular flexibility index (Phi) is 4.09. The van der Waals surface area contributed by atoms with Gasteiger partial charge in [0.2, 0.25) is 0 Å². The third-order valence-electron chi connectivity index (χ3n) is 3.39. The van der Waals surface area contributed by atoms with E-state index in [0.29, 0.717) is 17.4 Å². The minimum atomic E-state index is -0.647. The molecule has 1 saturated carbocycles. The lowest BCUT2D eigenvalue weighted by Crippen LogP contribution is -2.23. The fourth-order valence-corrected chi connectivity index (χ4v) is 2.19. The van der Waals surface area contributed by atoms with E-state index in [0.717, 1.165) is 18.4 Å². The maximum absolute atomic E-state index is 10.4. The van der Waals surface area contributed by atoms with Gasteiger partial charge in [-0.25, -0.2) is 0 Å². The van der Waals surface area contributed by atoms with Crippen molar-refractivity contribution in [3.05, 3.63) is 23.8 Å². The van der Waals surface area contributed by atoms with Gasteiger partial charge in [-0.3, -0.25) is 0 Å². The first-order valence-corrected chi connectivity index (χ1v) is 6.13. The van der Waals surface area contributed by atoms with Crippen molar-refractivity contribution in [3.8, 4) is 11.5 Å². The van der Waals surface area contributed by atoms with E-state index in [1.807, 2.05) is 12.1 Å². The van der Waals surface area contributed by atoms with E-state index in [-0.39, 0.29) is 6.10 Å². The molecule has 0 aliphatic heterocycles. The molecule has 18 heavy (non-hydrogen) atoms. The maximum atomic E-state index is 10.4. The predicted octanol–water partition coefficient (Wildman–Crippen LogP) is 2.16. The van der Waals surface area contributed by atoms with Gasteiger partial charge < -0.3 is 19.3 Å². The lowest BCUT2D eigenvalue weighted by molar-refractivity contribution is -0.0260. The van der Waals surface area contributed by atoms with Crippen LogP contribution in [0.4, 0.5) is 0 Å². The van der Waals surface area contributed by atoms with Gasteiger partial charge in [0.1, 0.15) is 17.6 Å². The van der Waals surface area contributed by atoms with Gasteiger partial charge in [0, 0.05) is 13.2 Å². The lowest BCUT2D eigenvalue weighted by Gasteiger charge is -2.22. The topological polar surface area (TPSA) is 47.9 Å². The third kappa shape index (κ3) is 2.76. The van der Waals surface area contributed by atoms with E-state index >= 15 is 0 Å². The molecule has 0 spiro atoms. The number of aliphatic hydroxyl groups is 1. The van der Waals surface area contributed by atoms with Crippen LogP contribution in [-0.2, 0) is 4.74 Å². The Labute approximate surface area is 107 Å². The van der Waals surface area contributed by atoms with E-state index in [1.54, 1.807) is 27.4 Å². The summed E-state index contributed by atoms with van der Waals surface area (Å²) >= 11 is 0. The van der Waals surface area contributed by atoms with Crippen LogP contribution in [0.2, 0.25) is 0 Å². The van der Waals surface area contributed by atoms with E-state index < -0.39 is 6.10 Å². The number of hydrogen-bond donors (Lipinski definition) is 1. The molecule has 1 aromatic carbocycles. The number of rotatable bonds is 6. The van der Waals surface area contributed by atoms with Gasteiger partial charge in [-0.05, 0) is 36.5 Å². The molecule has 2 atom stereocenters. The van der Waals surface area contributed by atoms with Crippen LogP contribution in [0, 0.1) is 5.92 Å². The summed E-state index contributed by atoms with van der Waals surface area (Å²) in [5, 5.41) is 10.4. The molecular weight excluding hydrogens is 232 g/mol. The molecule has 1 N–H and O–H groups in total. The molecule has 1 aliphatic rings. The van der Waals surface area contributed by atoms with Gasteiger partial charge in [-0.1, -0.05) is 0 Å². The molecule has 0 bridgehead atoms. The van der Waals surface area contributed by atoms with Gasteiger partial charge in [-0.2, -0.15) is 0 Å². The molecular formula is C14H20O4. The number of hydrogen-bond acceptors (Lipinski definition) is 4. The summed E-state index contributed by atoms with van der Waals surface area (Å²) in [6.45, 7) is 0. The van der Waals surface area contributed by atoms with Crippen LogP contribution in [-0.4, -0.2) is 32.5 Å². The van der Waals surface area contributed by atoms with Crippen molar-refractivity contribution >= 4 is 0 Å². The van der Waals surface area contributed by atoms with Crippen LogP contribution in [0.5, 0.6) is 11.5 Å². The lowest BCUT2D eigenvalue weighted by atomic mass is 10.0. The van der Waals surface area contributed by atoms with Crippen LogP contribution in [0.25, 0.3) is 0 Å². The first-order valence-electron chi connectivity index (χ1n) is 6.13. The molecule has 1 aromatic rings. The molecule has 0 aromatic heterocycles. The number of benzene rings is 1. The average molecular weight is 252 g/mol. The molecule has 4 nitrogen and oxygen atoms in total. The van der Waals surface area contributed by atoms with Crippen LogP contribution in [0.1, 0.15) is 24.5 Å². The van der Waals surface area contributed by atoms with Crippen molar-refractivity contribution in [3.63, 3.8) is 0 Å². The van der Waals surface area contributed by atoms with E-state index in [4.69, 9.17) is 14.2 Å². The Hall–Kier alpha value is -1.26. The summed E-state index contributed by atoms with van der Waals surface area (Å²) in [7, 11) is 4.84. The van der Waals surface area contributed by atoms with E-state index in [1.165, 1.54) is 0 Å². The quantitative estimate of drug-likeness (QED) is 0.843. The van der Waals surface area contributed by atoms with Gasteiger partial charge in [0.25, 0.3) is 0 Å². The zero-order valence-electron chi connectivity index (χ0n) is 11.1. The first kappa shape index (κ1) is 13.2. The highest BCUT2D eigenvalue weighted by Gasteiger charge is 2.37. The molecule has 1 fully saturated rings. The molecule has 2 rings (SSSR count). The second-order valence-electron chi connectivity index (χ2n) is 4.63. The molecule has 0 radical (unpaired) electrons. The highest BCUT2D eigenvalue weighted by molar-refractivity contribution is 5.39. The standard InChI is InChI=1S/C14H20O4/c1-16-11-6-10(7-12(8-11)17-2)13(15)14(18-3)9-4-5-9/h6-9,13-15H,4-5H2,1-3H3. The Bertz CT molecular complexity index is 379. The second-order valence-corrected chi connectivity index (χ2v) is 4.63. The number of aliphatic hydroxyl groups excluding tert-OH is 1. The van der Waals surface area contributed by atoms with Crippen LogP contribution in [0.3, 0.4) is 0 Å². The van der Waals surface area contributed by atoms with Crippen molar-refractivity contribution < 1.29 is 19.3 Å². The SMILES string of the molecule is COc1cc(OC)cc(C(O)C(OC)C2CC2)c1. The van der Waals surface area contributed by atoms with Gasteiger partial charge in [0.15, 0.2) is 0 Å². The summed E-state index contributed by atoms with van der Waals surface area (Å²) in [6, 6.07) is 5.43. The molecule has 100 valence electrons. The molecule has 0 saturated heterocycles. The van der Waals surface area contributed by atoms with Crippen molar-refractivity contribution in [2.75, 3.05) is 21.3 Å². The molecule has 0 amide bonds. The average Bonchev–Trinajstić information content (AvgIpc) is 3.23. The summed E-state index contributed by atoms with van der Waals surface area (Å²) in [5.74, 6) is 1.81. The van der Waals surface area contributed by atoms with E-state index in [9.17, 15) is 5.11 Å². The Morgan fingerprint density at radius 1 is 1.06 bits per heavy atom.